The second kappa shape index (κ2) is 9.87. The van der Waals surface area contributed by atoms with Crippen molar-refractivity contribution in [2.75, 3.05) is 10.6 Å². The van der Waals surface area contributed by atoms with Crippen molar-refractivity contribution in [2.24, 2.45) is 7.05 Å². The molecule has 0 bridgehead atoms. The lowest BCUT2D eigenvalue weighted by Gasteiger charge is -2.16. The number of aromatic nitrogens is 6. The molecule has 0 radical (unpaired) electrons. The van der Waals surface area contributed by atoms with Gasteiger partial charge in [0.2, 0.25) is 0 Å². The number of carbonyl (C=O) groups is 1. The van der Waals surface area contributed by atoms with Gasteiger partial charge in [0.25, 0.3) is 0 Å². The van der Waals surface area contributed by atoms with Crippen molar-refractivity contribution < 1.29 is 4.79 Å². The number of Topliss-reactive ketones (excluding diaryl/α,β-unsaturated/α-hetero) is 1. The quantitative estimate of drug-likeness (QED) is 0.377. The van der Waals surface area contributed by atoms with Crippen LogP contribution in [0, 0.1) is 11.3 Å². The van der Waals surface area contributed by atoms with Gasteiger partial charge in [-0.1, -0.05) is 19.9 Å². The van der Waals surface area contributed by atoms with E-state index in [4.69, 9.17) is 5.26 Å². The molecule has 170 valence electrons. The van der Waals surface area contributed by atoms with E-state index in [1.807, 2.05) is 26.1 Å². The van der Waals surface area contributed by atoms with Crippen LogP contribution < -0.4 is 10.6 Å². The Morgan fingerprint density at radius 1 is 1.12 bits per heavy atom. The fourth-order valence-electron chi connectivity index (χ4n) is 3.50. The van der Waals surface area contributed by atoms with Crippen LogP contribution in [0.5, 0.6) is 0 Å². The average molecular weight is 454 g/mol. The fraction of sp³-hybridized carbons (Fsp3) is 0.208. The molecule has 0 unspecified atom stereocenters. The van der Waals surface area contributed by atoms with Gasteiger partial charge < -0.3 is 10.6 Å². The van der Waals surface area contributed by atoms with Gasteiger partial charge in [-0.2, -0.15) is 10.4 Å². The van der Waals surface area contributed by atoms with Crippen molar-refractivity contribution in [3.05, 3.63) is 65.9 Å². The Morgan fingerprint density at radius 2 is 1.97 bits per heavy atom. The number of pyridine rings is 3. The molecule has 2 N–H and O–H groups in total. The summed E-state index contributed by atoms with van der Waals surface area (Å²) in [4.78, 5) is 30.1. The molecule has 0 saturated carbocycles. The summed E-state index contributed by atoms with van der Waals surface area (Å²) in [7, 11) is 1.82. The summed E-state index contributed by atoms with van der Waals surface area (Å²) >= 11 is 0. The van der Waals surface area contributed by atoms with Crippen LogP contribution in [-0.4, -0.2) is 35.5 Å². The van der Waals surface area contributed by atoms with Gasteiger partial charge in [0.05, 0.1) is 11.3 Å². The van der Waals surface area contributed by atoms with Crippen LogP contribution in [0.3, 0.4) is 0 Å². The zero-order valence-electron chi connectivity index (χ0n) is 19.1. The molecule has 10 heteroatoms. The first kappa shape index (κ1) is 22.5. The Kier molecular flexibility index (Phi) is 6.54. The number of hydrogen-bond acceptors (Lipinski definition) is 9. The molecule has 10 nitrogen and oxygen atoms in total. The van der Waals surface area contributed by atoms with Gasteiger partial charge in [-0.15, -0.1) is 0 Å². The fourth-order valence-corrected chi connectivity index (χ4v) is 3.50. The van der Waals surface area contributed by atoms with Gasteiger partial charge in [0.1, 0.15) is 35.5 Å². The number of carbonyl (C=O) groups excluding carboxylic acids is 1. The minimum absolute atomic E-state index is 0.0493. The predicted octanol–water partition coefficient (Wildman–Crippen LogP) is 4.18. The molecule has 4 heterocycles. The third kappa shape index (κ3) is 4.73. The lowest BCUT2D eigenvalue weighted by atomic mass is 10.1. The molecule has 4 aromatic heterocycles. The monoisotopic (exact) mass is 453 g/mol. The summed E-state index contributed by atoms with van der Waals surface area (Å²) in [6.07, 6.45) is 5.88. The maximum atomic E-state index is 12.6. The Labute approximate surface area is 196 Å². The topological polar surface area (TPSA) is 134 Å². The Hall–Kier alpha value is -4.65. The van der Waals surface area contributed by atoms with Crippen molar-refractivity contribution in [2.45, 2.75) is 26.7 Å². The standard InChI is InChI=1S/C24H23N9O/c1-4-16-17(24-28-14-33(3)32-24)9-10-26-23(16)30-19-11-22(27-13-18(19)20(34)5-2)31-21-8-6-7-15(12-25)29-21/h6-11,13-14H,4-5H2,1-3H3,(H2,26,27,29,30,31). The highest BCUT2D eigenvalue weighted by molar-refractivity contribution is 6.02. The van der Waals surface area contributed by atoms with E-state index >= 15 is 0 Å². The number of ketones is 1. The van der Waals surface area contributed by atoms with Crippen LogP contribution in [0.15, 0.2) is 49.1 Å². The Balaban J connectivity index is 1.73. The van der Waals surface area contributed by atoms with E-state index in [2.05, 4.69) is 35.7 Å². The average Bonchev–Trinajstić information content (AvgIpc) is 3.29. The highest BCUT2D eigenvalue weighted by Gasteiger charge is 2.17. The first-order chi connectivity index (χ1) is 16.5. The molecule has 4 aromatic rings. The molecule has 0 aliphatic rings. The first-order valence-corrected chi connectivity index (χ1v) is 10.8. The Morgan fingerprint density at radius 3 is 2.68 bits per heavy atom. The van der Waals surface area contributed by atoms with E-state index in [9.17, 15) is 4.79 Å². The van der Waals surface area contributed by atoms with Crippen molar-refractivity contribution in [3.8, 4) is 17.5 Å². The Bertz CT molecular complexity index is 1390. The number of anilines is 4. The van der Waals surface area contributed by atoms with Gasteiger partial charge in [0.15, 0.2) is 11.6 Å². The molecule has 0 aliphatic carbocycles. The third-order valence-electron chi connectivity index (χ3n) is 5.15. The summed E-state index contributed by atoms with van der Waals surface area (Å²) in [6, 6.07) is 10.7. The second-order valence-electron chi connectivity index (χ2n) is 7.44. The maximum absolute atomic E-state index is 12.6. The molecule has 0 spiro atoms. The van der Waals surface area contributed by atoms with Crippen molar-refractivity contribution in [1.29, 1.82) is 5.26 Å². The molecule has 0 aliphatic heterocycles. The minimum Gasteiger partial charge on any atom is -0.339 e. The van der Waals surface area contributed by atoms with Gasteiger partial charge >= 0.3 is 0 Å². The SMILES string of the molecule is CCC(=O)c1cnc(Nc2cccc(C#N)n2)cc1Nc1nccc(-c2ncn(C)n2)c1CC. The van der Waals surface area contributed by atoms with E-state index < -0.39 is 0 Å². The highest BCUT2D eigenvalue weighted by Crippen LogP contribution is 2.30. The minimum atomic E-state index is -0.0493. The normalized spacial score (nSPS) is 10.5. The molecule has 0 aromatic carbocycles. The van der Waals surface area contributed by atoms with E-state index in [0.29, 0.717) is 47.4 Å². The van der Waals surface area contributed by atoms with Crippen LogP contribution in [0.2, 0.25) is 0 Å². The molecular weight excluding hydrogens is 430 g/mol. The largest absolute Gasteiger partial charge is 0.339 e. The summed E-state index contributed by atoms with van der Waals surface area (Å²) in [6.45, 7) is 3.83. The van der Waals surface area contributed by atoms with Gasteiger partial charge in [-0.05, 0) is 24.6 Å². The molecular formula is C24H23N9O. The number of aryl methyl sites for hydroxylation is 1. The van der Waals surface area contributed by atoms with Crippen LogP contribution >= 0.6 is 0 Å². The van der Waals surface area contributed by atoms with Gasteiger partial charge in [0, 0.05) is 43.1 Å². The molecule has 4 rings (SSSR count). The van der Waals surface area contributed by atoms with Crippen molar-refractivity contribution in [3.63, 3.8) is 0 Å². The third-order valence-corrected chi connectivity index (χ3v) is 5.15. The highest BCUT2D eigenvalue weighted by atomic mass is 16.1. The van der Waals surface area contributed by atoms with Gasteiger partial charge in [-0.3, -0.25) is 9.48 Å². The molecule has 34 heavy (non-hydrogen) atoms. The molecule has 0 fully saturated rings. The van der Waals surface area contributed by atoms with Crippen molar-refractivity contribution in [1.82, 2.24) is 29.7 Å². The zero-order chi connectivity index (χ0) is 24.1. The summed E-state index contributed by atoms with van der Waals surface area (Å²) in [5.41, 5.74) is 3.11. The van der Waals surface area contributed by atoms with Gasteiger partial charge in [-0.25, -0.2) is 19.9 Å². The number of rotatable bonds is 8. The van der Waals surface area contributed by atoms with E-state index in [1.165, 1.54) is 6.20 Å². The smallest absolute Gasteiger partial charge is 0.181 e. The molecule has 0 atom stereocenters. The van der Waals surface area contributed by atoms with E-state index in [1.54, 1.807) is 48.4 Å². The summed E-state index contributed by atoms with van der Waals surface area (Å²) in [5, 5.41) is 19.9. The molecule has 0 amide bonds. The lowest BCUT2D eigenvalue weighted by molar-refractivity contribution is 0.0988. The first-order valence-electron chi connectivity index (χ1n) is 10.8. The maximum Gasteiger partial charge on any atom is 0.181 e. The van der Waals surface area contributed by atoms with E-state index in [0.717, 1.165) is 11.1 Å². The number of hydrogen-bond donors (Lipinski definition) is 2. The van der Waals surface area contributed by atoms with Crippen LogP contribution in [0.4, 0.5) is 23.1 Å². The molecule has 0 saturated heterocycles. The van der Waals surface area contributed by atoms with Crippen LogP contribution in [-0.2, 0) is 13.5 Å². The van der Waals surface area contributed by atoms with Crippen molar-refractivity contribution >= 4 is 28.9 Å². The van der Waals surface area contributed by atoms with E-state index in [-0.39, 0.29) is 11.5 Å². The second-order valence-corrected chi connectivity index (χ2v) is 7.44. The summed E-state index contributed by atoms with van der Waals surface area (Å²) < 4.78 is 1.65. The van der Waals surface area contributed by atoms with Crippen LogP contribution in [0.1, 0.15) is 41.9 Å². The number of nitrogens with one attached hydrogen (secondary N) is 2. The summed E-state index contributed by atoms with van der Waals surface area (Å²) in [5.74, 6) is 2.11. The lowest BCUT2D eigenvalue weighted by Crippen LogP contribution is -2.08. The number of nitrogens with zero attached hydrogens (tertiary/aromatic N) is 7. The van der Waals surface area contributed by atoms with Crippen LogP contribution in [0.25, 0.3) is 11.4 Å². The zero-order valence-corrected chi connectivity index (χ0v) is 19.1. The predicted molar refractivity (Wildman–Crippen MR) is 128 cm³/mol. The number of nitriles is 1.